The number of benzene rings is 3. The van der Waals surface area contributed by atoms with E-state index >= 15 is 0 Å². The molecule has 4 amide bonds. The van der Waals surface area contributed by atoms with E-state index in [1.54, 1.807) is 26.2 Å². The standard InChI is InChI=1S/C24H23N3O4/c1-24(14-17-9-4-6-13-20(17)31-2)22(29)27(23(30)26-24)15-21(28)25-19-12-7-10-16-8-3-5-11-18(16)19/h3-13H,14-15H2,1-2H3,(H,25,28)(H,26,30)/t24-/m0/s1. The summed E-state index contributed by atoms with van der Waals surface area (Å²) in [6.45, 7) is 1.29. The van der Waals surface area contributed by atoms with Gasteiger partial charge in [0.2, 0.25) is 5.91 Å². The summed E-state index contributed by atoms with van der Waals surface area (Å²) in [5, 5.41) is 7.42. The van der Waals surface area contributed by atoms with Crippen molar-refractivity contribution in [1.82, 2.24) is 10.2 Å². The number of anilines is 1. The molecule has 3 aromatic rings. The van der Waals surface area contributed by atoms with Crippen LogP contribution in [0.1, 0.15) is 12.5 Å². The highest BCUT2D eigenvalue weighted by Crippen LogP contribution is 2.28. The molecule has 1 atom stereocenters. The molecule has 0 bridgehead atoms. The molecule has 31 heavy (non-hydrogen) atoms. The number of amides is 4. The van der Waals surface area contributed by atoms with E-state index in [2.05, 4.69) is 10.6 Å². The van der Waals surface area contributed by atoms with Crippen LogP contribution in [0.15, 0.2) is 66.7 Å². The largest absolute Gasteiger partial charge is 0.496 e. The number of hydrogen-bond donors (Lipinski definition) is 2. The number of imide groups is 1. The average molecular weight is 417 g/mol. The predicted molar refractivity (Wildman–Crippen MR) is 118 cm³/mol. The van der Waals surface area contributed by atoms with Crippen molar-refractivity contribution in [2.45, 2.75) is 18.9 Å². The molecule has 1 aliphatic heterocycles. The van der Waals surface area contributed by atoms with E-state index in [9.17, 15) is 14.4 Å². The second-order valence-corrected chi connectivity index (χ2v) is 7.72. The minimum absolute atomic E-state index is 0.253. The Morgan fingerprint density at radius 1 is 1.03 bits per heavy atom. The molecular weight excluding hydrogens is 394 g/mol. The van der Waals surface area contributed by atoms with E-state index in [-0.39, 0.29) is 13.0 Å². The molecule has 2 N–H and O–H groups in total. The van der Waals surface area contributed by atoms with Gasteiger partial charge < -0.3 is 15.4 Å². The maximum atomic E-state index is 13.1. The van der Waals surface area contributed by atoms with Gasteiger partial charge >= 0.3 is 6.03 Å². The van der Waals surface area contributed by atoms with Crippen molar-refractivity contribution in [1.29, 1.82) is 0 Å². The maximum Gasteiger partial charge on any atom is 0.325 e. The van der Waals surface area contributed by atoms with E-state index < -0.39 is 23.4 Å². The minimum Gasteiger partial charge on any atom is -0.496 e. The first-order valence-corrected chi connectivity index (χ1v) is 9.95. The van der Waals surface area contributed by atoms with Gasteiger partial charge in [0, 0.05) is 17.5 Å². The lowest BCUT2D eigenvalue weighted by Gasteiger charge is -2.22. The van der Waals surface area contributed by atoms with E-state index in [0.29, 0.717) is 11.4 Å². The van der Waals surface area contributed by atoms with Gasteiger partial charge in [0.05, 0.1) is 7.11 Å². The van der Waals surface area contributed by atoms with Crippen molar-refractivity contribution in [3.63, 3.8) is 0 Å². The van der Waals surface area contributed by atoms with Gasteiger partial charge in [-0.05, 0) is 30.0 Å². The van der Waals surface area contributed by atoms with Crippen molar-refractivity contribution in [3.05, 3.63) is 72.3 Å². The number of carbonyl (C=O) groups excluding carboxylic acids is 3. The van der Waals surface area contributed by atoms with Crippen LogP contribution in [-0.4, -0.2) is 41.9 Å². The van der Waals surface area contributed by atoms with Crippen molar-refractivity contribution in [3.8, 4) is 5.75 Å². The van der Waals surface area contributed by atoms with Crippen LogP contribution >= 0.6 is 0 Å². The van der Waals surface area contributed by atoms with Crippen molar-refractivity contribution in [2.24, 2.45) is 0 Å². The molecular formula is C24H23N3O4. The Kier molecular flexibility index (Phi) is 5.33. The Labute approximate surface area is 180 Å². The summed E-state index contributed by atoms with van der Waals surface area (Å²) in [5.41, 5.74) is 0.265. The number of rotatable bonds is 6. The second kappa shape index (κ2) is 8.10. The summed E-state index contributed by atoms with van der Waals surface area (Å²) >= 11 is 0. The topological polar surface area (TPSA) is 87.7 Å². The molecule has 1 fully saturated rings. The Morgan fingerprint density at radius 3 is 2.55 bits per heavy atom. The van der Waals surface area contributed by atoms with Gasteiger partial charge in [-0.25, -0.2) is 4.79 Å². The number of fused-ring (bicyclic) bond motifs is 1. The third kappa shape index (κ3) is 3.94. The van der Waals surface area contributed by atoms with Crippen LogP contribution in [0.5, 0.6) is 5.75 Å². The molecule has 0 aliphatic carbocycles. The number of urea groups is 1. The summed E-state index contributed by atoms with van der Waals surface area (Å²) in [7, 11) is 1.56. The van der Waals surface area contributed by atoms with Gasteiger partial charge in [0.25, 0.3) is 5.91 Å². The predicted octanol–water partition coefficient (Wildman–Crippen LogP) is 3.34. The van der Waals surface area contributed by atoms with E-state index in [0.717, 1.165) is 21.2 Å². The molecule has 0 aromatic heterocycles. The molecule has 7 heteroatoms. The summed E-state index contributed by atoms with van der Waals surface area (Å²) in [5.74, 6) is -0.254. The first-order chi connectivity index (χ1) is 14.9. The monoisotopic (exact) mass is 417 g/mol. The van der Waals surface area contributed by atoms with E-state index in [1.807, 2.05) is 54.6 Å². The highest BCUT2D eigenvalue weighted by atomic mass is 16.5. The molecule has 1 saturated heterocycles. The zero-order chi connectivity index (χ0) is 22.0. The van der Waals surface area contributed by atoms with Crippen molar-refractivity contribution >= 4 is 34.3 Å². The Bertz CT molecular complexity index is 1170. The number of hydrogen-bond acceptors (Lipinski definition) is 4. The first-order valence-electron chi connectivity index (χ1n) is 9.95. The molecule has 1 heterocycles. The fourth-order valence-corrected chi connectivity index (χ4v) is 3.91. The number of para-hydroxylation sites is 1. The smallest absolute Gasteiger partial charge is 0.325 e. The van der Waals surface area contributed by atoms with Crippen molar-refractivity contribution in [2.75, 3.05) is 19.0 Å². The van der Waals surface area contributed by atoms with E-state index in [4.69, 9.17) is 4.74 Å². The lowest BCUT2D eigenvalue weighted by Crippen LogP contribution is -2.46. The van der Waals surface area contributed by atoms with Crippen molar-refractivity contribution < 1.29 is 19.1 Å². The van der Waals surface area contributed by atoms with E-state index in [1.165, 1.54) is 0 Å². The Hall–Kier alpha value is -3.87. The molecule has 0 spiro atoms. The number of nitrogens with zero attached hydrogens (tertiary/aromatic N) is 1. The molecule has 0 radical (unpaired) electrons. The molecule has 158 valence electrons. The Morgan fingerprint density at radius 2 is 1.74 bits per heavy atom. The van der Waals surface area contributed by atoms with Crippen LogP contribution in [0, 0.1) is 0 Å². The van der Waals surface area contributed by atoms with Gasteiger partial charge in [0.15, 0.2) is 0 Å². The highest BCUT2D eigenvalue weighted by Gasteiger charge is 2.48. The first kappa shape index (κ1) is 20.4. The highest BCUT2D eigenvalue weighted by molar-refractivity contribution is 6.11. The van der Waals surface area contributed by atoms with Gasteiger partial charge in [-0.2, -0.15) is 0 Å². The Balaban J connectivity index is 1.49. The summed E-state index contributed by atoms with van der Waals surface area (Å²) in [4.78, 5) is 39.2. The van der Waals surface area contributed by atoms with Gasteiger partial charge in [-0.15, -0.1) is 0 Å². The number of methoxy groups -OCH3 is 1. The quantitative estimate of drug-likeness (QED) is 0.602. The van der Waals surface area contributed by atoms with Gasteiger partial charge in [0.1, 0.15) is 17.8 Å². The molecule has 3 aromatic carbocycles. The molecule has 0 saturated carbocycles. The molecule has 0 unspecified atom stereocenters. The summed E-state index contributed by atoms with van der Waals surface area (Å²) in [6, 6.07) is 20.0. The van der Waals surface area contributed by atoms with Crippen LogP contribution in [0.4, 0.5) is 10.5 Å². The van der Waals surface area contributed by atoms with Crippen LogP contribution in [0.25, 0.3) is 10.8 Å². The minimum atomic E-state index is -1.16. The lowest BCUT2D eigenvalue weighted by atomic mass is 9.92. The fourth-order valence-electron chi connectivity index (χ4n) is 3.91. The summed E-state index contributed by atoms with van der Waals surface area (Å²) in [6.07, 6.45) is 0.253. The number of nitrogens with one attached hydrogen (secondary N) is 2. The fraction of sp³-hybridized carbons (Fsp3) is 0.208. The average Bonchev–Trinajstić information content (AvgIpc) is 2.97. The molecule has 7 nitrogen and oxygen atoms in total. The van der Waals surface area contributed by atoms with Crippen LogP contribution in [0.2, 0.25) is 0 Å². The third-order valence-corrected chi connectivity index (χ3v) is 5.45. The third-order valence-electron chi connectivity index (χ3n) is 5.45. The van der Waals surface area contributed by atoms with Crippen LogP contribution in [-0.2, 0) is 16.0 Å². The number of ether oxygens (including phenoxy) is 1. The zero-order valence-corrected chi connectivity index (χ0v) is 17.3. The van der Waals surface area contributed by atoms with Gasteiger partial charge in [-0.3, -0.25) is 14.5 Å². The molecule has 1 aliphatic rings. The molecule has 4 rings (SSSR count). The van der Waals surface area contributed by atoms with Crippen LogP contribution < -0.4 is 15.4 Å². The van der Waals surface area contributed by atoms with Gasteiger partial charge in [-0.1, -0.05) is 54.6 Å². The SMILES string of the molecule is COc1ccccc1C[C@]1(C)NC(=O)N(CC(=O)Nc2cccc3ccccc23)C1=O. The maximum absolute atomic E-state index is 13.1. The zero-order valence-electron chi connectivity index (χ0n) is 17.3. The summed E-state index contributed by atoms with van der Waals surface area (Å²) < 4.78 is 5.35. The van der Waals surface area contributed by atoms with Crippen LogP contribution in [0.3, 0.4) is 0 Å². The number of carbonyl (C=O) groups is 3. The normalized spacial score (nSPS) is 18.2. The lowest BCUT2D eigenvalue weighted by molar-refractivity contribution is -0.133. The second-order valence-electron chi connectivity index (χ2n) is 7.72.